The molecule has 0 saturated heterocycles. The number of aromatic nitrogens is 1. The summed E-state index contributed by atoms with van der Waals surface area (Å²) in [4.78, 5) is 13.6. The minimum Gasteiger partial charge on any atom is -0.508 e. The molecule has 0 aliphatic heterocycles. The van der Waals surface area contributed by atoms with Crippen molar-refractivity contribution in [3.8, 4) is 5.75 Å². The van der Waals surface area contributed by atoms with Crippen molar-refractivity contribution >= 4 is 16.9 Å². The maximum atomic E-state index is 10.6. The summed E-state index contributed by atoms with van der Waals surface area (Å²) >= 11 is 0. The van der Waals surface area contributed by atoms with Gasteiger partial charge < -0.3 is 20.9 Å². The van der Waals surface area contributed by atoms with Crippen LogP contribution in [0.1, 0.15) is 5.56 Å². The number of nitrogens with two attached hydrogens (primary N) is 1. The van der Waals surface area contributed by atoms with Gasteiger partial charge in [-0.3, -0.25) is 4.79 Å². The zero-order valence-electron chi connectivity index (χ0n) is 8.47. The average Bonchev–Trinajstić information content (AvgIpc) is 2.61. The van der Waals surface area contributed by atoms with Crippen LogP contribution >= 0.6 is 0 Å². The molecule has 0 amide bonds. The van der Waals surface area contributed by atoms with Gasteiger partial charge in [0, 0.05) is 23.5 Å². The lowest BCUT2D eigenvalue weighted by Gasteiger charge is -2.04. The van der Waals surface area contributed by atoms with Crippen molar-refractivity contribution in [3.63, 3.8) is 0 Å². The third-order valence-corrected chi connectivity index (χ3v) is 2.51. The first-order chi connectivity index (χ1) is 7.58. The molecule has 1 aromatic carbocycles. The Kier molecular flexibility index (Phi) is 2.54. The second-order valence-corrected chi connectivity index (χ2v) is 3.69. The highest BCUT2D eigenvalue weighted by atomic mass is 16.5. The second kappa shape index (κ2) is 3.86. The van der Waals surface area contributed by atoms with E-state index in [0.717, 1.165) is 16.5 Å². The number of benzene rings is 1. The highest BCUT2D eigenvalue weighted by Gasteiger charge is 2.14. The van der Waals surface area contributed by atoms with Crippen LogP contribution in [0.2, 0.25) is 0 Å². The van der Waals surface area contributed by atoms with Crippen LogP contribution < -0.4 is 5.73 Å². The normalized spacial score (nSPS) is 12.8. The predicted octanol–water partition coefficient (Wildman–Crippen LogP) is 0.828. The number of carbonyl (C=O) groups is 1. The van der Waals surface area contributed by atoms with Gasteiger partial charge >= 0.3 is 5.97 Å². The fraction of sp³-hybridized carbons (Fsp3) is 0.182. The summed E-state index contributed by atoms with van der Waals surface area (Å²) in [5.41, 5.74) is 7.11. The van der Waals surface area contributed by atoms with Crippen LogP contribution in [-0.4, -0.2) is 27.2 Å². The molecule has 5 N–H and O–H groups in total. The second-order valence-electron chi connectivity index (χ2n) is 3.69. The van der Waals surface area contributed by atoms with Crippen LogP contribution in [0, 0.1) is 0 Å². The molecule has 0 unspecified atom stereocenters. The molecule has 16 heavy (non-hydrogen) atoms. The minimum atomic E-state index is -1.03. The van der Waals surface area contributed by atoms with Crippen LogP contribution in [0.5, 0.6) is 5.75 Å². The van der Waals surface area contributed by atoms with Gasteiger partial charge in [0.25, 0.3) is 0 Å². The molecule has 1 heterocycles. The van der Waals surface area contributed by atoms with Crippen molar-refractivity contribution < 1.29 is 15.0 Å². The fourth-order valence-corrected chi connectivity index (χ4v) is 1.66. The molecule has 0 aliphatic carbocycles. The molecule has 0 bridgehead atoms. The van der Waals surface area contributed by atoms with Crippen LogP contribution in [0.3, 0.4) is 0 Å². The van der Waals surface area contributed by atoms with Gasteiger partial charge in [0.15, 0.2) is 0 Å². The summed E-state index contributed by atoms with van der Waals surface area (Å²) in [6, 6.07) is 3.97. The number of carboxylic acids is 1. The van der Waals surface area contributed by atoms with Crippen molar-refractivity contribution in [2.75, 3.05) is 0 Å². The van der Waals surface area contributed by atoms with Gasteiger partial charge in [0.1, 0.15) is 11.8 Å². The number of phenolic OH excluding ortho intramolecular Hbond substituents is 1. The number of phenols is 1. The number of fused-ring (bicyclic) bond motifs is 1. The molecule has 5 heteroatoms. The monoisotopic (exact) mass is 221 g/mol. The first kappa shape index (κ1) is 10.5. The van der Waals surface area contributed by atoms with Gasteiger partial charge in [-0.05, 0) is 23.8 Å². The Balaban J connectivity index is 2.37. The summed E-state index contributed by atoms with van der Waals surface area (Å²) < 4.78 is 0. The van der Waals surface area contributed by atoms with Gasteiger partial charge in [0.2, 0.25) is 0 Å². The lowest BCUT2D eigenvalue weighted by atomic mass is 10.1. The Bertz CT molecular complexity index is 533. The van der Waals surface area contributed by atoms with E-state index in [1.807, 2.05) is 0 Å². The molecular weight excluding hydrogens is 209 g/mol. The highest BCUT2D eigenvalue weighted by Crippen LogP contribution is 2.23. The van der Waals surface area contributed by atoms with Crippen molar-refractivity contribution in [2.24, 2.45) is 5.73 Å². The number of nitrogens with one attached hydrogen (secondary N) is 1. The molecule has 2 rings (SSSR count). The largest absolute Gasteiger partial charge is 0.508 e. The van der Waals surface area contributed by atoms with E-state index in [1.54, 1.807) is 24.4 Å². The van der Waals surface area contributed by atoms with Crippen molar-refractivity contribution in [1.29, 1.82) is 0 Å². The van der Waals surface area contributed by atoms with Crippen molar-refractivity contribution in [1.82, 2.24) is 4.98 Å². The minimum absolute atomic E-state index is 0.150. The molecule has 1 aromatic heterocycles. The maximum Gasteiger partial charge on any atom is 0.320 e. The van der Waals surface area contributed by atoms with E-state index in [-0.39, 0.29) is 12.2 Å². The number of rotatable bonds is 3. The van der Waals surface area contributed by atoms with Crippen LogP contribution in [-0.2, 0) is 11.2 Å². The number of hydrogen-bond acceptors (Lipinski definition) is 3. The predicted molar refractivity (Wildman–Crippen MR) is 59.3 cm³/mol. The van der Waals surface area contributed by atoms with E-state index in [2.05, 4.69) is 4.98 Å². The Hall–Kier alpha value is -2.01. The van der Waals surface area contributed by atoms with E-state index >= 15 is 0 Å². The Morgan fingerprint density at radius 1 is 1.50 bits per heavy atom. The average molecular weight is 221 g/mol. The summed E-state index contributed by atoms with van der Waals surface area (Å²) in [6.45, 7) is 0. The lowest BCUT2D eigenvalue weighted by molar-refractivity contribution is -0.138. The van der Waals surface area contributed by atoms with Gasteiger partial charge in [-0.25, -0.2) is 0 Å². The van der Waals surface area contributed by atoms with Crippen LogP contribution in [0.15, 0.2) is 24.4 Å². The molecule has 5 nitrogen and oxygen atoms in total. The first-order valence-electron chi connectivity index (χ1n) is 4.85. The molecule has 0 saturated carbocycles. The Labute approximate surface area is 91.5 Å². The Morgan fingerprint density at radius 2 is 2.25 bits per heavy atom. The summed E-state index contributed by atoms with van der Waals surface area (Å²) in [6.07, 6.45) is 1.95. The molecule has 1 atom stereocenters. The molecule has 0 spiro atoms. The first-order valence-corrected chi connectivity index (χ1v) is 4.85. The van der Waals surface area contributed by atoms with Gasteiger partial charge in [0.05, 0.1) is 0 Å². The highest BCUT2D eigenvalue weighted by molar-refractivity contribution is 5.85. The topological polar surface area (TPSA) is 99.3 Å². The quantitative estimate of drug-likeness (QED) is 0.577. The smallest absolute Gasteiger partial charge is 0.320 e. The molecule has 0 fully saturated rings. The number of aromatic amines is 1. The fourth-order valence-electron chi connectivity index (χ4n) is 1.66. The molecule has 0 radical (unpaired) electrons. The summed E-state index contributed by atoms with van der Waals surface area (Å²) in [5.74, 6) is -0.883. The number of H-pyrrole nitrogens is 1. The molecular formula is C11H12N2O3. The molecule has 84 valence electrons. The Morgan fingerprint density at radius 3 is 2.94 bits per heavy atom. The standard InChI is InChI=1S/C11H12N2O3/c12-9(11(15)16)3-6-5-13-10-2-1-7(14)4-8(6)10/h1-2,4-5,9,13-14H,3,12H2,(H,15,16)/t9-/m0/s1/i11+1. The van der Waals surface area contributed by atoms with E-state index < -0.39 is 12.0 Å². The van der Waals surface area contributed by atoms with Crippen LogP contribution in [0.25, 0.3) is 10.9 Å². The molecule has 2 aromatic rings. The number of carboxylic acid groups (broad SMARTS) is 1. The van der Waals surface area contributed by atoms with E-state index in [0.29, 0.717) is 0 Å². The number of aliphatic carboxylic acids is 1. The van der Waals surface area contributed by atoms with E-state index in [4.69, 9.17) is 10.8 Å². The van der Waals surface area contributed by atoms with E-state index in [9.17, 15) is 9.90 Å². The summed E-state index contributed by atoms with van der Waals surface area (Å²) in [5, 5.41) is 18.9. The SMILES string of the molecule is N[C@@H](Cc1c[nH]c2ccc(O)cc12)[13C](=O)O. The van der Waals surface area contributed by atoms with Crippen molar-refractivity contribution in [3.05, 3.63) is 30.0 Å². The van der Waals surface area contributed by atoms with Gasteiger partial charge in [-0.15, -0.1) is 0 Å². The van der Waals surface area contributed by atoms with Crippen LogP contribution in [0.4, 0.5) is 0 Å². The zero-order valence-corrected chi connectivity index (χ0v) is 8.47. The van der Waals surface area contributed by atoms with Crippen molar-refractivity contribution in [2.45, 2.75) is 12.5 Å². The number of aromatic hydroxyl groups is 1. The zero-order chi connectivity index (χ0) is 11.7. The van der Waals surface area contributed by atoms with Gasteiger partial charge in [-0.2, -0.15) is 0 Å². The maximum absolute atomic E-state index is 10.6. The summed E-state index contributed by atoms with van der Waals surface area (Å²) in [7, 11) is 0. The molecule has 0 aliphatic rings. The van der Waals surface area contributed by atoms with E-state index in [1.165, 1.54) is 0 Å². The number of hydrogen-bond donors (Lipinski definition) is 4. The third-order valence-electron chi connectivity index (χ3n) is 2.51. The lowest BCUT2D eigenvalue weighted by Crippen LogP contribution is -2.32. The van der Waals surface area contributed by atoms with Gasteiger partial charge in [-0.1, -0.05) is 0 Å². The third kappa shape index (κ3) is 1.85.